The molecule has 2 aromatic rings. The highest BCUT2D eigenvalue weighted by Gasteiger charge is 1.98. The Morgan fingerprint density at radius 1 is 1.09 bits per heavy atom. The van der Waals surface area contributed by atoms with E-state index in [-0.39, 0.29) is 12.0 Å². The molecule has 0 fully saturated rings. The lowest BCUT2D eigenvalue weighted by Gasteiger charge is -2.09. The van der Waals surface area contributed by atoms with E-state index in [4.69, 9.17) is 4.74 Å². The first-order valence-electron chi connectivity index (χ1n) is 7.90. The van der Waals surface area contributed by atoms with Crippen LogP contribution in [0.5, 0.6) is 5.75 Å². The average molecular weight is 309 g/mol. The van der Waals surface area contributed by atoms with Crippen molar-refractivity contribution >= 4 is 12.0 Å². The Hall–Kier alpha value is -2.55. The second kappa shape index (κ2) is 8.79. The molecule has 0 aliphatic heterocycles. The Labute approximate surface area is 138 Å². The number of nitrogens with one attached hydrogen (secondary N) is 1. The third-order valence-corrected chi connectivity index (χ3v) is 3.23. The van der Waals surface area contributed by atoms with E-state index in [2.05, 4.69) is 17.4 Å². The molecule has 0 heterocycles. The van der Waals surface area contributed by atoms with Gasteiger partial charge in [-0.3, -0.25) is 4.79 Å². The SMILES string of the molecule is CC(C)Oc1ccc(/C=C/C(=O)NCCc2ccccc2)cc1. The molecule has 120 valence electrons. The van der Waals surface area contributed by atoms with Crippen molar-refractivity contribution in [2.24, 2.45) is 0 Å². The van der Waals surface area contributed by atoms with Crippen LogP contribution in [-0.4, -0.2) is 18.6 Å². The van der Waals surface area contributed by atoms with Crippen LogP contribution in [0.1, 0.15) is 25.0 Å². The molecule has 0 bridgehead atoms. The highest BCUT2D eigenvalue weighted by Crippen LogP contribution is 2.14. The maximum atomic E-state index is 11.8. The van der Waals surface area contributed by atoms with Crippen LogP contribution < -0.4 is 10.1 Å². The molecule has 0 aromatic heterocycles. The lowest BCUT2D eigenvalue weighted by molar-refractivity contribution is -0.116. The summed E-state index contributed by atoms with van der Waals surface area (Å²) in [5, 5.41) is 2.89. The van der Waals surface area contributed by atoms with Crippen LogP contribution in [0.25, 0.3) is 6.08 Å². The van der Waals surface area contributed by atoms with E-state index < -0.39 is 0 Å². The Morgan fingerprint density at radius 2 is 1.78 bits per heavy atom. The molecule has 0 aliphatic rings. The number of carbonyl (C=O) groups excluding carboxylic acids is 1. The standard InChI is InChI=1S/C20H23NO2/c1-16(2)23-19-11-8-18(9-12-19)10-13-20(22)21-15-14-17-6-4-3-5-7-17/h3-13,16H,14-15H2,1-2H3,(H,21,22)/b13-10+. The molecule has 0 spiro atoms. The van der Waals surface area contributed by atoms with Crippen molar-refractivity contribution in [1.29, 1.82) is 0 Å². The number of hydrogen-bond acceptors (Lipinski definition) is 2. The average Bonchev–Trinajstić information content (AvgIpc) is 2.55. The quantitative estimate of drug-likeness (QED) is 0.789. The molecule has 0 saturated carbocycles. The molecule has 3 nitrogen and oxygen atoms in total. The zero-order valence-corrected chi connectivity index (χ0v) is 13.7. The molecular formula is C20H23NO2. The first kappa shape index (κ1) is 16.8. The molecule has 1 N–H and O–H groups in total. The summed E-state index contributed by atoms with van der Waals surface area (Å²) >= 11 is 0. The Morgan fingerprint density at radius 3 is 2.43 bits per heavy atom. The predicted octanol–water partition coefficient (Wildman–Crippen LogP) is 3.85. The van der Waals surface area contributed by atoms with Crippen LogP contribution >= 0.6 is 0 Å². The maximum Gasteiger partial charge on any atom is 0.244 e. The number of hydrogen-bond donors (Lipinski definition) is 1. The van der Waals surface area contributed by atoms with Crippen LogP contribution in [0, 0.1) is 0 Å². The van der Waals surface area contributed by atoms with Gasteiger partial charge in [-0.2, -0.15) is 0 Å². The third-order valence-electron chi connectivity index (χ3n) is 3.23. The van der Waals surface area contributed by atoms with Gasteiger partial charge in [-0.05, 0) is 49.6 Å². The Balaban J connectivity index is 1.77. The summed E-state index contributed by atoms with van der Waals surface area (Å²) < 4.78 is 5.59. The van der Waals surface area contributed by atoms with Gasteiger partial charge in [0.15, 0.2) is 0 Å². The molecule has 2 aromatic carbocycles. The minimum atomic E-state index is -0.0801. The van der Waals surface area contributed by atoms with Crippen molar-refractivity contribution in [2.45, 2.75) is 26.4 Å². The lowest BCUT2D eigenvalue weighted by Crippen LogP contribution is -2.23. The zero-order chi connectivity index (χ0) is 16.5. The van der Waals surface area contributed by atoms with Gasteiger partial charge in [0.1, 0.15) is 5.75 Å². The van der Waals surface area contributed by atoms with Crippen LogP contribution in [0.15, 0.2) is 60.7 Å². The van der Waals surface area contributed by atoms with Crippen molar-refractivity contribution in [2.75, 3.05) is 6.54 Å². The van der Waals surface area contributed by atoms with Crippen molar-refractivity contribution in [3.05, 3.63) is 71.8 Å². The summed E-state index contributed by atoms with van der Waals surface area (Å²) in [4.78, 5) is 11.8. The molecule has 3 heteroatoms. The van der Waals surface area contributed by atoms with E-state index in [1.54, 1.807) is 12.2 Å². The van der Waals surface area contributed by atoms with Crippen molar-refractivity contribution in [1.82, 2.24) is 5.32 Å². The van der Waals surface area contributed by atoms with E-state index in [1.165, 1.54) is 5.56 Å². The summed E-state index contributed by atoms with van der Waals surface area (Å²) in [6, 6.07) is 17.8. The molecule has 0 saturated heterocycles. The monoisotopic (exact) mass is 309 g/mol. The Kier molecular flexibility index (Phi) is 6.42. The molecule has 0 aliphatic carbocycles. The maximum absolute atomic E-state index is 11.8. The van der Waals surface area contributed by atoms with Crippen molar-refractivity contribution in [3.8, 4) is 5.75 Å². The first-order valence-corrected chi connectivity index (χ1v) is 7.90. The molecule has 0 unspecified atom stereocenters. The minimum absolute atomic E-state index is 0.0801. The number of benzene rings is 2. The van der Waals surface area contributed by atoms with Gasteiger partial charge in [-0.1, -0.05) is 42.5 Å². The fraction of sp³-hybridized carbons (Fsp3) is 0.250. The summed E-state index contributed by atoms with van der Waals surface area (Å²) in [6.07, 6.45) is 4.36. The normalized spacial score (nSPS) is 10.9. The van der Waals surface area contributed by atoms with E-state index in [0.717, 1.165) is 17.7 Å². The van der Waals surface area contributed by atoms with Gasteiger partial charge < -0.3 is 10.1 Å². The first-order chi connectivity index (χ1) is 11.1. The largest absolute Gasteiger partial charge is 0.491 e. The topological polar surface area (TPSA) is 38.3 Å². The summed E-state index contributed by atoms with van der Waals surface area (Å²) in [7, 11) is 0. The van der Waals surface area contributed by atoms with Crippen molar-refractivity contribution in [3.63, 3.8) is 0 Å². The van der Waals surface area contributed by atoms with Crippen LogP contribution in [0.3, 0.4) is 0 Å². The van der Waals surface area contributed by atoms with E-state index >= 15 is 0 Å². The van der Waals surface area contributed by atoms with Crippen LogP contribution in [0.2, 0.25) is 0 Å². The van der Waals surface area contributed by atoms with E-state index in [0.29, 0.717) is 6.54 Å². The summed E-state index contributed by atoms with van der Waals surface area (Å²) in [5.74, 6) is 0.757. The van der Waals surface area contributed by atoms with Crippen LogP contribution in [0.4, 0.5) is 0 Å². The highest BCUT2D eigenvalue weighted by molar-refractivity contribution is 5.91. The second-order valence-corrected chi connectivity index (χ2v) is 5.60. The van der Waals surface area contributed by atoms with Gasteiger partial charge >= 0.3 is 0 Å². The van der Waals surface area contributed by atoms with Gasteiger partial charge in [-0.15, -0.1) is 0 Å². The van der Waals surface area contributed by atoms with Gasteiger partial charge in [0.05, 0.1) is 6.10 Å². The number of carbonyl (C=O) groups is 1. The summed E-state index contributed by atoms with van der Waals surface area (Å²) in [6.45, 7) is 4.62. The van der Waals surface area contributed by atoms with Gasteiger partial charge in [0.2, 0.25) is 5.91 Å². The molecule has 2 rings (SSSR count). The summed E-state index contributed by atoms with van der Waals surface area (Å²) in [5.41, 5.74) is 2.19. The van der Waals surface area contributed by atoms with Gasteiger partial charge in [-0.25, -0.2) is 0 Å². The van der Waals surface area contributed by atoms with Gasteiger partial charge in [0.25, 0.3) is 0 Å². The number of amides is 1. The van der Waals surface area contributed by atoms with E-state index in [9.17, 15) is 4.79 Å². The molecular weight excluding hydrogens is 286 g/mol. The predicted molar refractivity (Wildman–Crippen MR) is 94.4 cm³/mol. The fourth-order valence-corrected chi connectivity index (χ4v) is 2.14. The molecule has 0 atom stereocenters. The van der Waals surface area contributed by atoms with E-state index in [1.807, 2.05) is 56.3 Å². The molecule has 0 radical (unpaired) electrons. The molecule has 1 amide bonds. The third kappa shape index (κ3) is 6.39. The Bertz CT molecular complexity index is 630. The number of ether oxygens (including phenoxy) is 1. The van der Waals surface area contributed by atoms with Crippen LogP contribution in [-0.2, 0) is 11.2 Å². The fourth-order valence-electron chi connectivity index (χ4n) is 2.14. The second-order valence-electron chi connectivity index (χ2n) is 5.60. The van der Waals surface area contributed by atoms with Crippen molar-refractivity contribution < 1.29 is 9.53 Å². The minimum Gasteiger partial charge on any atom is -0.491 e. The zero-order valence-electron chi connectivity index (χ0n) is 13.7. The lowest BCUT2D eigenvalue weighted by atomic mass is 10.1. The van der Waals surface area contributed by atoms with Gasteiger partial charge in [0, 0.05) is 12.6 Å². The molecule has 23 heavy (non-hydrogen) atoms. The number of rotatable bonds is 7. The smallest absolute Gasteiger partial charge is 0.244 e. The highest BCUT2D eigenvalue weighted by atomic mass is 16.5.